The minimum Gasteiger partial charge on any atom is -0.490 e. The van der Waals surface area contributed by atoms with Gasteiger partial charge in [-0.1, -0.05) is 12.1 Å². The quantitative estimate of drug-likeness (QED) is 0.731. The summed E-state index contributed by atoms with van der Waals surface area (Å²) in [5.74, 6) is 0.662. The van der Waals surface area contributed by atoms with Gasteiger partial charge in [-0.15, -0.1) is 12.4 Å². The first-order valence-electron chi connectivity index (χ1n) is 3.90. The van der Waals surface area contributed by atoms with Gasteiger partial charge in [-0.3, -0.25) is 0 Å². The summed E-state index contributed by atoms with van der Waals surface area (Å²) in [4.78, 5) is 0. The number of para-hydroxylation sites is 1. The molecule has 0 saturated heterocycles. The molecule has 2 nitrogen and oxygen atoms in total. The van der Waals surface area contributed by atoms with E-state index in [0.29, 0.717) is 11.3 Å². The summed E-state index contributed by atoms with van der Waals surface area (Å²) in [7, 11) is 0. The number of rotatable bonds is 2. The summed E-state index contributed by atoms with van der Waals surface area (Å²) in [5.41, 5.74) is 0.589. The predicted molar refractivity (Wildman–Crippen MR) is 54.2 cm³/mol. The molecule has 0 spiro atoms. The third-order valence-corrected chi connectivity index (χ3v) is 1.37. The summed E-state index contributed by atoms with van der Waals surface area (Å²) in [6.45, 7) is 3.88. The maximum Gasteiger partial charge on any atom is 0.137 e. The fourth-order valence-corrected chi connectivity index (χ4v) is 0.916. The van der Waals surface area contributed by atoms with Crippen molar-refractivity contribution in [1.82, 2.24) is 0 Å². The fourth-order valence-electron chi connectivity index (χ4n) is 0.916. The minimum absolute atomic E-state index is 0. The monoisotopic (exact) mass is 197 g/mol. The standard InChI is InChI=1S/C10H11NO.ClH/c1-8(2)12-10-6-4-3-5-9(10)7-11;/h3-6,8H,1-2H3;1H. The topological polar surface area (TPSA) is 33.0 Å². The molecule has 0 saturated carbocycles. The predicted octanol–water partition coefficient (Wildman–Crippen LogP) is 2.77. The molecule has 0 unspecified atom stereocenters. The third kappa shape index (κ3) is 3.35. The Bertz CT molecular complexity index is 304. The maximum atomic E-state index is 8.70. The van der Waals surface area contributed by atoms with Gasteiger partial charge in [-0.05, 0) is 26.0 Å². The molecule has 3 heteroatoms. The average molecular weight is 198 g/mol. The largest absolute Gasteiger partial charge is 0.490 e. The van der Waals surface area contributed by atoms with Crippen LogP contribution in [0.25, 0.3) is 0 Å². The number of hydrogen-bond acceptors (Lipinski definition) is 2. The highest BCUT2D eigenvalue weighted by atomic mass is 35.5. The number of nitrogens with zero attached hydrogens (tertiary/aromatic N) is 1. The molecule has 0 aliphatic carbocycles. The molecular weight excluding hydrogens is 186 g/mol. The van der Waals surface area contributed by atoms with Crippen LogP contribution in [0.15, 0.2) is 24.3 Å². The van der Waals surface area contributed by atoms with E-state index in [1.54, 1.807) is 12.1 Å². The normalized spacial score (nSPS) is 8.77. The number of nitriles is 1. The fraction of sp³-hybridized carbons (Fsp3) is 0.300. The number of ether oxygens (including phenoxy) is 1. The van der Waals surface area contributed by atoms with E-state index in [2.05, 4.69) is 6.07 Å². The molecular formula is C10H12ClNO. The Balaban J connectivity index is 0.00000144. The molecule has 1 aromatic rings. The smallest absolute Gasteiger partial charge is 0.137 e. The second-order valence-electron chi connectivity index (χ2n) is 2.77. The van der Waals surface area contributed by atoms with Crippen LogP contribution in [0.1, 0.15) is 19.4 Å². The molecule has 1 aromatic carbocycles. The van der Waals surface area contributed by atoms with Crippen LogP contribution in [0.2, 0.25) is 0 Å². The Kier molecular flexibility index (Phi) is 4.94. The summed E-state index contributed by atoms with van der Waals surface area (Å²) in [6.07, 6.45) is 0.111. The first-order chi connectivity index (χ1) is 5.74. The van der Waals surface area contributed by atoms with Gasteiger partial charge in [0.05, 0.1) is 11.7 Å². The first kappa shape index (κ1) is 11.8. The lowest BCUT2D eigenvalue weighted by molar-refractivity contribution is 0.241. The second-order valence-corrected chi connectivity index (χ2v) is 2.77. The number of benzene rings is 1. The van der Waals surface area contributed by atoms with Crippen LogP contribution in [0, 0.1) is 11.3 Å². The van der Waals surface area contributed by atoms with E-state index in [4.69, 9.17) is 10.00 Å². The zero-order valence-corrected chi connectivity index (χ0v) is 8.47. The Morgan fingerprint density at radius 2 is 1.92 bits per heavy atom. The molecule has 0 heterocycles. The molecule has 0 aromatic heterocycles. The van der Waals surface area contributed by atoms with Gasteiger partial charge in [0.25, 0.3) is 0 Å². The SMILES string of the molecule is CC(C)Oc1ccccc1C#N.Cl. The van der Waals surface area contributed by atoms with Gasteiger partial charge < -0.3 is 4.74 Å². The van der Waals surface area contributed by atoms with Gasteiger partial charge in [0.2, 0.25) is 0 Å². The number of hydrogen-bond donors (Lipinski definition) is 0. The van der Waals surface area contributed by atoms with E-state index in [9.17, 15) is 0 Å². The van der Waals surface area contributed by atoms with Gasteiger partial charge in [-0.25, -0.2) is 0 Å². The first-order valence-corrected chi connectivity index (χ1v) is 3.90. The molecule has 0 amide bonds. The third-order valence-electron chi connectivity index (χ3n) is 1.37. The molecule has 13 heavy (non-hydrogen) atoms. The van der Waals surface area contributed by atoms with Gasteiger partial charge in [-0.2, -0.15) is 5.26 Å². The van der Waals surface area contributed by atoms with E-state index in [0.717, 1.165) is 0 Å². The average Bonchev–Trinajstić information content (AvgIpc) is 2.04. The second kappa shape index (κ2) is 5.45. The Hall–Kier alpha value is -1.20. The highest BCUT2D eigenvalue weighted by Gasteiger charge is 2.02. The zero-order chi connectivity index (χ0) is 8.97. The zero-order valence-electron chi connectivity index (χ0n) is 7.65. The number of halogens is 1. The van der Waals surface area contributed by atoms with E-state index >= 15 is 0 Å². The van der Waals surface area contributed by atoms with E-state index < -0.39 is 0 Å². The van der Waals surface area contributed by atoms with Crippen LogP contribution < -0.4 is 4.74 Å². The van der Waals surface area contributed by atoms with Crippen molar-refractivity contribution in [3.63, 3.8) is 0 Å². The van der Waals surface area contributed by atoms with Crippen molar-refractivity contribution in [2.75, 3.05) is 0 Å². The van der Waals surface area contributed by atoms with Crippen molar-refractivity contribution in [3.8, 4) is 11.8 Å². The summed E-state index contributed by atoms with van der Waals surface area (Å²) in [6, 6.07) is 9.31. The lowest BCUT2D eigenvalue weighted by atomic mass is 10.2. The highest BCUT2D eigenvalue weighted by Crippen LogP contribution is 2.17. The molecule has 0 atom stereocenters. The molecule has 0 N–H and O–H groups in total. The Labute approximate surface area is 84.6 Å². The molecule has 1 rings (SSSR count). The molecule has 0 radical (unpaired) electrons. The molecule has 0 aliphatic heterocycles. The van der Waals surface area contributed by atoms with E-state index in [1.807, 2.05) is 26.0 Å². The molecule has 0 fully saturated rings. The van der Waals surface area contributed by atoms with E-state index in [-0.39, 0.29) is 18.5 Å². The van der Waals surface area contributed by atoms with Crippen LogP contribution in [-0.4, -0.2) is 6.10 Å². The summed E-state index contributed by atoms with van der Waals surface area (Å²) < 4.78 is 5.41. The lowest BCUT2D eigenvalue weighted by Crippen LogP contribution is -2.06. The van der Waals surface area contributed by atoms with Crippen molar-refractivity contribution >= 4 is 12.4 Å². The van der Waals surface area contributed by atoms with Gasteiger partial charge >= 0.3 is 0 Å². The maximum absolute atomic E-state index is 8.70. The van der Waals surface area contributed by atoms with Crippen LogP contribution in [0.3, 0.4) is 0 Å². The lowest BCUT2D eigenvalue weighted by Gasteiger charge is -2.09. The summed E-state index contributed by atoms with van der Waals surface area (Å²) in [5, 5.41) is 8.70. The molecule has 0 bridgehead atoms. The van der Waals surface area contributed by atoms with E-state index in [1.165, 1.54) is 0 Å². The van der Waals surface area contributed by atoms with Gasteiger partial charge in [0.15, 0.2) is 0 Å². The molecule has 0 aliphatic rings. The summed E-state index contributed by atoms with van der Waals surface area (Å²) >= 11 is 0. The van der Waals surface area contributed by atoms with Crippen LogP contribution in [0.5, 0.6) is 5.75 Å². The Morgan fingerprint density at radius 3 is 2.46 bits per heavy atom. The van der Waals surface area contributed by atoms with Gasteiger partial charge in [0.1, 0.15) is 11.8 Å². The van der Waals surface area contributed by atoms with Crippen LogP contribution in [0.4, 0.5) is 0 Å². The van der Waals surface area contributed by atoms with Crippen molar-refractivity contribution in [3.05, 3.63) is 29.8 Å². The van der Waals surface area contributed by atoms with Crippen molar-refractivity contribution in [2.45, 2.75) is 20.0 Å². The Morgan fingerprint density at radius 1 is 1.31 bits per heavy atom. The van der Waals surface area contributed by atoms with Crippen LogP contribution >= 0.6 is 12.4 Å². The van der Waals surface area contributed by atoms with Crippen molar-refractivity contribution in [1.29, 1.82) is 5.26 Å². The minimum atomic E-state index is 0. The van der Waals surface area contributed by atoms with Crippen molar-refractivity contribution in [2.24, 2.45) is 0 Å². The highest BCUT2D eigenvalue weighted by molar-refractivity contribution is 5.85. The van der Waals surface area contributed by atoms with Crippen molar-refractivity contribution < 1.29 is 4.74 Å². The van der Waals surface area contributed by atoms with Gasteiger partial charge in [0, 0.05) is 0 Å². The molecule has 70 valence electrons. The van der Waals surface area contributed by atoms with Crippen LogP contribution in [-0.2, 0) is 0 Å².